The third-order valence-electron chi connectivity index (χ3n) is 15.2. The van der Waals surface area contributed by atoms with Gasteiger partial charge in [0.05, 0.1) is 22.4 Å². The van der Waals surface area contributed by atoms with Crippen LogP contribution in [0.25, 0.3) is 99.5 Å². The minimum absolute atomic E-state index is 0.0525. The molecule has 2 nitrogen and oxygen atoms in total. The normalized spacial score (nSPS) is 12.7. The fourth-order valence-corrected chi connectivity index (χ4v) is 11.0. The Balaban J connectivity index is 1.08. The van der Waals surface area contributed by atoms with Crippen molar-refractivity contribution < 1.29 is 0 Å². The average molecular weight is 937 g/mol. The molecule has 0 N–H and O–H groups in total. The van der Waals surface area contributed by atoms with Gasteiger partial charge in [-0.25, -0.2) is 0 Å². The van der Waals surface area contributed by atoms with Crippen molar-refractivity contribution in [2.75, 3.05) is 0 Å². The molecule has 0 spiro atoms. The molecule has 2 heteroatoms. The highest BCUT2D eigenvalue weighted by Crippen LogP contribution is 2.47. The number of para-hydroxylation sites is 2. The van der Waals surface area contributed by atoms with Crippen molar-refractivity contribution in [1.82, 2.24) is 9.13 Å². The SMILES string of the molecule is CC(C)(C)c1ccc(-c2c(-c3ccc(C(C)(C)C)cc3)n(-c3ccc4c(ccc5cc(-n6c(-c7ccc(C(C)(C)C)cc7)c(-c7ccc(C(C)(C)C)cc7)c7ccccc76)ccc54)c3)c3ccccc23)cc1. The van der Waals surface area contributed by atoms with Crippen LogP contribution >= 0.6 is 0 Å². The average Bonchev–Trinajstić information content (AvgIpc) is 3.89. The molecule has 0 saturated heterocycles. The van der Waals surface area contributed by atoms with Crippen LogP contribution in [0.3, 0.4) is 0 Å². The quantitative estimate of drug-likeness (QED) is 0.147. The Kier molecular flexibility index (Phi) is 11.2. The first-order chi connectivity index (χ1) is 34.2. The summed E-state index contributed by atoms with van der Waals surface area (Å²) in [6.45, 7) is 27.5. The molecule has 0 aliphatic carbocycles. The van der Waals surface area contributed by atoms with Crippen molar-refractivity contribution in [1.29, 1.82) is 0 Å². The molecule has 358 valence electrons. The molecule has 0 aliphatic heterocycles. The second-order valence-corrected chi connectivity index (χ2v) is 24.3. The fraction of sp³-hybridized carbons (Fsp3) is 0.229. The monoisotopic (exact) mass is 937 g/mol. The Morgan fingerprint density at radius 3 is 0.861 bits per heavy atom. The van der Waals surface area contributed by atoms with Gasteiger partial charge in [-0.1, -0.05) is 241 Å². The van der Waals surface area contributed by atoms with Gasteiger partial charge in [-0.15, -0.1) is 0 Å². The van der Waals surface area contributed by atoms with Gasteiger partial charge in [0.1, 0.15) is 0 Å². The van der Waals surface area contributed by atoms with E-state index in [0.717, 1.165) is 11.4 Å². The zero-order valence-electron chi connectivity index (χ0n) is 44.4. The Labute approximate surface area is 427 Å². The lowest BCUT2D eigenvalue weighted by molar-refractivity contribution is 0.590. The van der Waals surface area contributed by atoms with E-state index in [-0.39, 0.29) is 21.7 Å². The highest BCUT2D eigenvalue weighted by atomic mass is 15.0. The van der Waals surface area contributed by atoms with E-state index in [4.69, 9.17) is 0 Å². The summed E-state index contributed by atoms with van der Waals surface area (Å²) < 4.78 is 5.00. The van der Waals surface area contributed by atoms with Crippen LogP contribution in [0.2, 0.25) is 0 Å². The van der Waals surface area contributed by atoms with Crippen molar-refractivity contribution in [2.24, 2.45) is 0 Å². The molecular weight excluding hydrogens is 869 g/mol. The van der Waals surface area contributed by atoms with Crippen LogP contribution in [0.4, 0.5) is 0 Å². The van der Waals surface area contributed by atoms with Gasteiger partial charge in [-0.05, 0) is 124 Å². The van der Waals surface area contributed by atoms with E-state index in [1.165, 1.54) is 110 Å². The second kappa shape index (κ2) is 17.1. The number of rotatable bonds is 6. The number of hydrogen-bond acceptors (Lipinski definition) is 0. The summed E-state index contributed by atoms with van der Waals surface area (Å²) in [5.74, 6) is 0. The highest BCUT2D eigenvalue weighted by Gasteiger charge is 2.26. The van der Waals surface area contributed by atoms with Gasteiger partial charge in [0, 0.05) is 33.3 Å². The number of fused-ring (bicyclic) bond motifs is 5. The maximum Gasteiger partial charge on any atom is 0.0619 e. The highest BCUT2D eigenvalue weighted by molar-refractivity contribution is 6.11. The largest absolute Gasteiger partial charge is 0.309 e. The molecule has 0 radical (unpaired) electrons. The van der Waals surface area contributed by atoms with E-state index < -0.39 is 0 Å². The molecule has 11 rings (SSSR count). The predicted molar refractivity (Wildman–Crippen MR) is 312 cm³/mol. The van der Waals surface area contributed by atoms with E-state index in [1.54, 1.807) is 0 Å². The number of hydrogen-bond donors (Lipinski definition) is 0. The minimum Gasteiger partial charge on any atom is -0.309 e. The summed E-state index contributed by atoms with van der Waals surface area (Å²) in [7, 11) is 0. The Morgan fingerprint density at radius 2 is 0.556 bits per heavy atom. The predicted octanol–water partition coefficient (Wildman–Crippen LogP) is 19.7. The van der Waals surface area contributed by atoms with Crippen LogP contribution in [0.1, 0.15) is 105 Å². The van der Waals surface area contributed by atoms with Gasteiger partial charge in [0.2, 0.25) is 0 Å². The second-order valence-electron chi connectivity index (χ2n) is 24.3. The third kappa shape index (κ3) is 8.25. The molecule has 2 aromatic heterocycles. The van der Waals surface area contributed by atoms with E-state index in [0.29, 0.717) is 0 Å². The van der Waals surface area contributed by atoms with E-state index >= 15 is 0 Å². The Morgan fingerprint density at radius 1 is 0.264 bits per heavy atom. The van der Waals surface area contributed by atoms with E-state index in [9.17, 15) is 0 Å². The zero-order valence-corrected chi connectivity index (χ0v) is 44.4. The molecule has 0 unspecified atom stereocenters. The first-order valence-corrected chi connectivity index (χ1v) is 25.9. The van der Waals surface area contributed by atoms with Gasteiger partial charge in [0.15, 0.2) is 0 Å². The first kappa shape index (κ1) is 46.9. The van der Waals surface area contributed by atoms with Crippen LogP contribution in [-0.4, -0.2) is 9.13 Å². The summed E-state index contributed by atoms with van der Waals surface area (Å²) in [4.78, 5) is 0. The lowest BCUT2D eigenvalue weighted by atomic mass is 9.85. The molecule has 2 heterocycles. The topological polar surface area (TPSA) is 9.86 Å². The molecule has 11 aromatic rings. The summed E-state index contributed by atoms with van der Waals surface area (Å²) >= 11 is 0. The number of aromatic nitrogens is 2. The van der Waals surface area contributed by atoms with Gasteiger partial charge in [-0.2, -0.15) is 0 Å². The third-order valence-corrected chi connectivity index (χ3v) is 15.2. The molecule has 0 amide bonds. The smallest absolute Gasteiger partial charge is 0.0619 e. The molecule has 9 aromatic carbocycles. The van der Waals surface area contributed by atoms with Crippen molar-refractivity contribution >= 4 is 43.4 Å². The van der Waals surface area contributed by atoms with Gasteiger partial charge < -0.3 is 9.13 Å². The van der Waals surface area contributed by atoms with Crippen molar-refractivity contribution in [3.8, 4) is 56.1 Å². The number of benzene rings is 9. The maximum absolute atomic E-state index is 2.50. The van der Waals surface area contributed by atoms with Crippen molar-refractivity contribution in [3.05, 3.63) is 216 Å². The zero-order chi connectivity index (χ0) is 50.5. The van der Waals surface area contributed by atoms with Crippen LogP contribution in [0.15, 0.2) is 194 Å². The number of nitrogens with zero attached hydrogens (tertiary/aromatic N) is 2. The van der Waals surface area contributed by atoms with Crippen LogP contribution in [0, 0.1) is 0 Å². The standard InChI is InChI=1S/C70H68N2/c1-67(2,3)51-31-23-45(24-32-51)63-59-17-13-15-19-61(59)71(65(63)47-27-35-53(36-28-47)69(7,8)9)55-39-41-57-49(43-55)21-22-50-44-56(40-42-58(50)57)72-62-20-16-14-18-60(62)64(46-25-33-52(34-26-46)68(4,5)6)66(72)48-29-37-54(38-30-48)70(10,11)12/h13-44H,1-12H3. The molecule has 72 heavy (non-hydrogen) atoms. The van der Waals surface area contributed by atoms with Crippen LogP contribution in [-0.2, 0) is 21.7 Å². The summed E-state index contributed by atoms with van der Waals surface area (Å²) in [6.07, 6.45) is 0. The molecular formula is C70H68N2. The minimum atomic E-state index is 0.0525. The maximum atomic E-state index is 2.50. The Hall–Kier alpha value is -7.42. The van der Waals surface area contributed by atoms with E-state index in [1.807, 2.05) is 0 Å². The molecule has 0 saturated carbocycles. The van der Waals surface area contributed by atoms with Crippen molar-refractivity contribution in [2.45, 2.75) is 105 Å². The fourth-order valence-electron chi connectivity index (χ4n) is 11.0. The summed E-state index contributed by atoms with van der Waals surface area (Å²) in [5, 5.41) is 7.39. The van der Waals surface area contributed by atoms with Gasteiger partial charge in [0.25, 0.3) is 0 Å². The van der Waals surface area contributed by atoms with Gasteiger partial charge in [-0.3, -0.25) is 0 Å². The molecule has 0 fully saturated rings. The van der Waals surface area contributed by atoms with Crippen LogP contribution < -0.4 is 0 Å². The van der Waals surface area contributed by atoms with Gasteiger partial charge >= 0.3 is 0 Å². The summed E-state index contributed by atoms with van der Waals surface area (Å²) in [6, 6.07) is 73.8. The first-order valence-electron chi connectivity index (χ1n) is 25.9. The lowest BCUT2D eigenvalue weighted by Crippen LogP contribution is -2.10. The molecule has 0 bridgehead atoms. The molecule has 0 atom stereocenters. The Bertz CT molecular complexity index is 3570. The summed E-state index contributed by atoms with van der Waals surface area (Å²) in [5.41, 5.74) is 20.0. The lowest BCUT2D eigenvalue weighted by Gasteiger charge is -2.21. The van der Waals surface area contributed by atoms with E-state index in [2.05, 4.69) is 286 Å². The molecule has 0 aliphatic rings. The van der Waals surface area contributed by atoms with Crippen LogP contribution in [0.5, 0.6) is 0 Å². The van der Waals surface area contributed by atoms with Crippen molar-refractivity contribution in [3.63, 3.8) is 0 Å².